The topological polar surface area (TPSA) is 68.5 Å². The third-order valence-corrected chi connectivity index (χ3v) is 4.13. The van der Waals surface area contributed by atoms with Gasteiger partial charge in [0.2, 0.25) is 0 Å². The Morgan fingerprint density at radius 2 is 2.08 bits per heavy atom. The van der Waals surface area contributed by atoms with Crippen molar-refractivity contribution in [3.05, 3.63) is 65.2 Å². The number of methoxy groups -OCH3 is 1. The Morgan fingerprint density at radius 3 is 2.92 bits per heavy atom. The van der Waals surface area contributed by atoms with Crippen LogP contribution in [0, 0.1) is 0 Å². The molecule has 0 atom stereocenters. The fraction of sp³-hybridized carbons (Fsp3) is 0.0556. The fourth-order valence-corrected chi connectivity index (χ4v) is 2.80. The lowest BCUT2D eigenvalue weighted by Crippen LogP contribution is -2.34. The third-order valence-electron chi connectivity index (χ3n) is 4.13. The van der Waals surface area contributed by atoms with Gasteiger partial charge in [0.1, 0.15) is 5.82 Å². The van der Waals surface area contributed by atoms with Crippen molar-refractivity contribution in [1.82, 2.24) is 14.4 Å². The minimum Gasteiger partial charge on any atom is -0.493 e. The summed E-state index contributed by atoms with van der Waals surface area (Å²) in [6.07, 6.45) is 3.45. The highest BCUT2D eigenvalue weighted by atomic mass is 16.5. The summed E-state index contributed by atoms with van der Waals surface area (Å²) < 4.78 is 6.82. The van der Waals surface area contributed by atoms with E-state index in [1.165, 1.54) is 4.40 Å². The minimum absolute atomic E-state index is 0.131. The summed E-state index contributed by atoms with van der Waals surface area (Å²) >= 11 is 0. The largest absolute Gasteiger partial charge is 0.493 e. The SMILES string of the molecule is Bc1c(Nc2ccc3ncccc3c2)nc2c(OC)cccn2c1=O. The smallest absolute Gasteiger partial charge is 0.253 e. The molecule has 122 valence electrons. The highest BCUT2D eigenvalue weighted by molar-refractivity contribution is 6.35. The van der Waals surface area contributed by atoms with Gasteiger partial charge in [-0.05, 0) is 36.4 Å². The van der Waals surface area contributed by atoms with Crippen molar-refractivity contribution in [3.8, 4) is 5.75 Å². The van der Waals surface area contributed by atoms with Gasteiger partial charge in [0.05, 0.1) is 12.6 Å². The van der Waals surface area contributed by atoms with Crippen molar-refractivity contribution >= 4 is 41.4 Å². The van der Waals surface area contributed by atoms with Gasteiger partial charge in [-0.2, -0.15) is 0 Å². The molecule has 1 aromatic carbocycles. The molecular formula is C18H15BN4O2. The van der Waals surface area contributed by atoms with E-state index in [0.717, 1.165) is 16.6 Å². The minimum atomic E-state index is -0.131. The molecule has 3 heterocycles. The molecular weight excluding hydrogens is 315 g/mol. The van der Waals surface area contributed by atoms with Crippen LogP contribution in [0.5, 0.6) is 5.75 Å². The summed E-state index contributed by atoms with van der Waals surface area (Å²) in [6.45, 7) is 0. The molecule has 0 radical (unpaired) electrons. The molecule has 1 N–H and O–H groups in total. The van der Waals surface area contributed by atoms with E-state index in [1.54, 1.807) is 39.5 Å². The van der Waals surface area contributed by atoms with E-state index in [-0.39, 0.29) is 5.56 Å². The van der Waals surface area contributed by atoms with Gasteiger partial charge < -0.3 is 10.1 Å². The van der Waals surface area contributed by atoms with Crippen LogP contribution in [0.1, 0.15) is 0 Å². The first-order valence-electron chi connectivity index (χ1n) is 7.85. The number of nitrogens with one attached hydrogen (secondary N) is 1. The Labute approximate surface area is 144 Å². The van der Waals surface area contributed by atoms with Crippen LogP contribution in [-0.2, 0) is 0 Å². The molecule has 0 amide bonds. The summed E-state index contributed by atoms with van der Waals surface area (Å²) in [4.78, 5) is 21.5. The quantitative estimate of drug-likeness (QED) is 0.573. The molecule has 0 saturated heterocycles. The fourth-order valence-electron chi connectivity index (χ4n) is 2.80. The van der Waals surface area contributed by atoms with E-state index in [2.05, 4.69) is 15.3 Å². The molecule has 7 heteroatoms. The predicted octanol–water partition coefficient (Wildman–Crippen LogP) is 1.25. The zero-order valence-electron chi connectivity index (χ0n) is 13.9. The van der Waals surface area contributed by atoms with Crippen LogP contribution < -0.4 is 21.1 Å². The lowest BCUT2D eigenvalue weighted by Gasteiger charge is -2.12. The normalized spacial score (nSPS) is 10.9. The van der Waals surface area contributed by atoms with Crippen molar-refractivity contribution in [1.29, 1.82) is 0 Å². The highest BCUT2D eigenvalue weighted by Crippen LogP contribution is 2.21. The maximum atomic E-state index is 12.6. The molecule has 0 saturated carbocycles. The lowest BCUT2D eigenvalue weighted by molar-refractivity contribution is 0.416. The molecule has 3 aromatic heterocycles. The van der Waals surface area contributed by atoms with E-state index < -0.39 is 0 Å². The number of benzene rings is 1. The Morgan fingerprint density at radius 1 is 1.20 bits per heavy atom. The van der Waals surface area contributed by atoms with Crippen LogP contribution in [0.3, 0.4) is 0 Å². The number of rotatable bonds is 3. The Bertz CT molecular complexity index is 1160. The second kappa shape index (κ2) is 5.94. The first kappa shape index (κ1) is 15.2. The van der Waals surface area contributed by atoms with Gasteiger partial charge in [0.15, 0.2) is 19.2 Å². The van der Waals surface area contributed by atoms with Crippen LogP contribution in [-0.4, -0.2) is 29.3 Å². The molecule has 0 aliphatic carbocycles. The van der Waals surface area contributed by atoms with Crippen LogP contribution in [0.25, 0.3) is 16.6 Å². The van der Waals surface area contributed by atoms with Gasteiger partial charge in [0, 0.05) is 28.9 Å². The Balaban J connectivity index is 1.85. The van der Waals surface area contributed by atoms with Crippen molar-refractivity contribution in [2.24, 2.45) is 0 Å². The van der Waals surface area contributed by atoms with E-state index in [9.17, 15) is 4.79 Å². The molecule has 0 aliphatic heterocycles. The molecule has 4 aromatic rings. The molecule has 25 heavy (non-hydrogen) atoms. The average molecular weight is 330 g/mol. The number of nitrogens with zero attached hydrogens (tertiary/aromatic N) is 3. The summed E-state index contributed by atoms with van der Waals surface area (Å²) in [7, 11) is 3.32. The first-order valence-corrected chi connectivity index (χ1v) is 7.85. The van der Waals surface area contributed by atoms with Gasteiger partial charge in [-0.1, -0.05) is 6.07 Å². The van der Waals surface area contributed by atoms with Crippen molar-refractivity contribution < 1.29 is 4.74 Å². The molecule has 4 rings (SSSR count). The van der Waals surface area contributed by atoms with Crippen molar-refractivity contribution in [2.75, 3.05) is 12.4 Å². The number of pyridine rings is 2. The second-order valence-corrected chi connectivity index (χ2v) is 5.70. The van der Waals surface area contributed by atoms with Crippen LogP contribution in [0.15, 0.2) is 59.7 Å². The number of fused-ring (bicyclic) bond motifs is 2. The Kier molecular flexibility index (Phi) is 3.61. The zero-order chi connectivity index (χ0) is 17.4. The molecule has 0 spiro atoms. The molecule has 0 unspecified atom stereocenters. The summed E-state index contributed by atoms with van der Waals surface area (Å²) in [6, 6.07) is 13.3. The predicted molar refractivity (Wildman–Crippen MR) is 101 cm³/mol. The lowest BCUT2D eigenvalue weighted by atomic mass is 9.98. The van der Waals surface area contributed by atoms with Gasteiger partial charge in [-0.3, -0.25) is 14.2 Å². The standard InChI is InChI=1S/C18H15BN4O2/c1-25-14-5-3-9-23-17(14)22-16(15(19)18(23)24)21-12-6-7-13-11(10-12)4-2-8-20-13/h2-10,21H,19H2,1H3. The van der Waals surface area contributed by atoms with E-state index in [0.29, 0.717) is 22.7 Å². The number of aromatic nitrogens is 3. The zero-order valence-corrected chi connectivity index (χ0v) is 13.9. The summed E-state index contributed by atoms with van der Waals surface area (Å²) in [5, 5.41) is 4.25. The third kappa shape index (κ3) is 2.59. The monoisotopic (exact) mass is 330 g/mol. The number of hydrogen-bond acceptors (Lipinski definition) is 5. The van der Waals surface area contributed by atoms with Crippen LogP contribution in [0.4, 0.5) is 11.5 Å². The number of ether oxygens (including phenoxy) is 1. The maximum absolute atomic E-state index is 12.6. The maximum Gasteiger partial charge on any atom is 0.253 e. The van der Waals surface area contributed by atoms with Crippen molar-refractivity contribution in [2.45, 2.75) is 0 Å². The summed E-state index contributed by atoms with van der Waals surface area (Å²) in [5.41, 5.74) is 2.64. The highest BCUT2D eigenvalue weighted by Gasteiger charge is 2.12. The molecule has 0 bridgehead atoms. The van der Waals surface area contributed by atoms with Gasteiger partial charge >= 0.3 is 0 Å². The summed E-state index contributed by atoms with van der Waals surface area (Å²) in [5.74, 6) is 1.06. The van der Waals surface area contributed by atoms with Gasteiger partial charge in [-0.25, -0.2) is 4.98 Å². The first-order chi connectivity index (χ1) is 12.2. The number of hydrogen-bond donors (Lipinski definition) is 1. The molecule has 6 nitrogen and oxygen atoms in total. The van der Waals surface area contributed by atoms with E-state index in [1.807, 2.05) is 30.3 Å². The Hall–Kier alpha value is -3.35. The molecule has 0 fully saturated rings. The van der Waals surface area contributed by atoms with Gasteiger partial charge in [-0.15, -0.1) is 0 Å². The van der Waals surface area contributed by atoms with E-state index in [4.69, 9.17) is 4.74 Å². The molecule has 0 aliphatic rings. The number of anilines is 2. The second-order valence-electron chi connectivity index (χ2n) is 5.70. The van der Waals surface area contributed by atoms with Gasteiger partial charge in [0.25, 0.3) is 5.56 Å². The van der Waals surface area contributed by atoms with Crippen molar-refractivity contribution in [3.63, 3.8) is 0 Å². The average Bonchev–Trinajstić information content (AvgIpc) is 2.65. The van der Waals surface area contributed by atoms with Crippen LogP contribution >= 0.6 is 0 Å². The van der Waals surface area contributed by atoms with E-state index >= 15 is 0 Å². The van der Waals surface area contributed by atoms with Crippen LogP contribution in [0.2, 0.25) is 0 Å².